The number of nitrogens with zero attached hydrogens (tertiary/aromatic N) is 1. The topological polar surface area (TPSA) is 67.6 Å². The van der Waals surface area contributed by atoms with E-state index in [2.05, 4.69) is 10.2 Å². The van der Waals surface area contributed by atoms with E-state index in [1.54, 1.807) is 0 Å². The van der Waals surface area contributed by atoms with Crippen LogP contribution in [0.25, 0.3) is 0 Å². The molecule has 1 saturated heterocycles. The van der Waals surface area contributed by atoms with E-state index in [1.807, 2.05) is 0 Å². The Morgan fingerprint density at radius 2 is 1.78 bits per heavy atom. The highest BCUT2D eigenvalue weighted by atomic mass is 19.4. The fourth-order valence-corrected chi connectivity index (χ4v) is 3.84. The molecule has 1 aliphatic carbocycles. The van der Waals surface area contributed by atoms with Crippen molar-refractivity contribution in [3.63, 3.8) is 0 Å². The number of morpholine rings is 1. The molecule has 0 spiro atoms. The quantitative estimate of drug-likeness (QED) is 0.817. The van der Waals surface area contributed by atoms with Crippen molar-refractivity contribution in [1.82, 2.24) is 10.2 Å². The number of rotatable bonds is 5. The van der Waals surface area contributed by atoms with Crippen LogP contribution >= 0.6 is 0 Å². The van der Waals surface area contributed by atoms with Crippen LogP contribution in [0.2, 0.25) is 0 Å². The molecule has 0 radical (unpaired) electrons. The van der Waals surface area contributed by atoms with Gasteiger partial charge in [0.15, 0.2) is 0 Å². The average molecular weight is 385 g/mol. The maximum absolute atomic E-state index is 12.8. The van der Waals surface area contributed by atoms with Gasteiger partial charge in [0, 0.05) is 19.6 Å². The first-order valence-electron chi connectivity index (χ1n) is 9.36. The summed E-state index contributed by atoms with van der Waals surface area (Å²) in [5.41, 5.74) is 5.44. The van der Waals surface area contributed by atoms with Gasteiger partial charge in [-0.05, 0) is 30.5 Å². The first-order chi connectivity index (χ1) is 12.8. The van der Waals surface area contributed by atoms with Gasteiger partial charge in [-0.3, -0.25) is 9.69 Å². The third-order valence-electron chi connectivity index (χ3n) is 5.51. The largest absolute Gasteiger partial charge is 0.416 e. The van der Waals surface area contributed by atoms with Gasteiger partial charge in [-0.2, -0.15) is 13.2 Å². The summed E-state index contributed by atoms with van der Waals surface area (Å²) in [7, 11) is 0. The van der Waals surface area contributed by atoms with Crippen LogP contribution < -0.4 is 11.1 Å². The van der Waals surface area contributed by atoms with Crippen LogP contribution in [0.4, 0.5) is 13.2 Å². The summed E-state index contributed by atoms with van der Waals surface area (Å²) in [6.45, 7) is 2.76. The number of carbonyl (C=O) groups excluding carboxylic acids is 1. The Hall–Kier alpha value is -1.64. The van der Waals surface area contributed by atoms with Gasteiger partial charge < -0.3 is 15.8 Å². The van der Waals surface area contributed by atoms with Crippen LogP contribution in [-0.2, 0) is 15.7 Å². The monoisotopic (exact) mass is 385 g/mol. The molecule has 2 aliphatic rings. The molecule has 150 valence electrons. The molecule has 1 aromatic rings. The summed E-state index contributed by atoms with van der Waals surface area (Å²) in [6.07, 6.45) is -1.15. The van der Waals surface area contributed by atoms with E-state index in [-0.39, 0.29) is 11.9 Å². The van der Waals surface area contributed by atoms with Crippen molar-refractivity contribution >= 4 is 5.91 Å². The zero-order valence-corrected chi connectivity index (χ0v) is 15.2. The highest BCUT2D eigenvalue weighted by Crippen LogP contribution is 2.31. The zero-order chi connectivity index (χ0) is 19.5. The highest BCUT2D eigenvalue weighted by molar-refractivity contribution is 5.86. The first kappa shape index (κ1) is 20.1. The molecule has 1 aliphatic heterocycles. The van der Waals surface area contributed by atoms with E-state index in [4.69, 9.17) is 10.5 Å². The number of benzene rings is 1. The molecule has 1 atom stereocenters. The molecule has 8 heteroatoms. The van der Waals surface area contributed by atoms with Gasteiger partial charge in [0.25, 0.3) is 0 Å². The van der Waals surface area contributed by atoms with Gasteiger partial charge in [-0.1, -0.05) is 25.0 Å². The Labute approximate surface area is 157 Å². The Kier molecular flexibility index (Phi) is 6.08. The van der Waals surface area contributed by atoms with Crippen LogP contribution in [0.5, 0.6) is 0 Å². The molecule has 0 bridgehead atoms. The summed E-state index contributed by atoms with van der Waals surface area (Å²) < 4.78 is 43.9. The smallest absolute Gasteiger partial charge is 0.379 e. The third kappa shape index (κ3) is 4.80. The minimum atomic E-state index is -4.37. The molecule has 1 saturated carbocycles. The number of alkyl halides is 3. The number of hydrogen-bond donors (Lipinski definition) is 2. The average Bonchev–Trinajstić information content (AvgIpc) is 3.10. The molecule has 2 fully saturated rings. The van der Waals surface area contributed by atoms with Gasteiger partial charge in [0.05, 0.1) is 30.4 Å². The Morgan fingerprint density at radius 3 is 2.33 bits per heavy atom. The number of halogens is 3. The first-order valence-corrected chi connectivity index (χ1v) is 9.36. The van der Waals surface area contributed by atoms with Crippen molar-refractivity contribution in [2.45, 2.75) is 43.4 Å². The van der Waals surface area contributed by atoms with Gasteiger partial charge in [-0.25, -0.2) is 0 Å². The number of ether oxygens (including phenoxy) is 1. The lowest BCUT2D eigenvalue weighted by molar-refractivity contribution is -0.137. The molecule has 1 unspecified atom stereocenters. The van der Waals surface area contributed by atoms with Crippen LogP contribution in [0.15, 0.2) is 24.3 Å². The van der Waals surface area contributed by atoms with Gasteiger partial charge in [0.1, 0.15) is 0 Å². The standard InChI is InChI=1S/C19H26F3N3O2/c20-19(21,22)15-5-3-14(4-6-15)16(25-9-11-27-12-10-25)13-24-17(26)18(23)7-1-2-8-18/h3-6,16H,1-2,7-13,23H2,(H,24,26). The summed E-state index contributed by atoms with van der Waals surface area (Å²) in [6, 6.07) is 4.94. The lowest BCUT2D eigenvalue weighted by Gasteiger charge is -2.35. The van der Waals surface area contributed by atoms with Crippen LogP contribution in [0.1, 0.15) is 42.9 Å². The molecule has 3 rings (SSSR count). The molecular weight excluding hydrogens is 359 g/mol. The molecule has 1 amide bonds. The number of amides is 1. The van der Waals surface area contributed by atoms with Gasteiger partial charge in [-0.15, -0.1) is 0 Å². The zero-order valence-electron chi connectivity index (χ0n) is 15.2. The lowest BCUT2D eigenvalue weighted by atomic mass is 9.97. The maximum Gasteiger partial charge on any atom is 0.416 e. The third-order valence-corrected chi connectivity index (χ3v) is 5.51. The lowest BCUT2D eigenvalue weighted by Crippen LogP contribution is -2.54. The minimum Gasteiger partial charge on any atom is -0.379 e. The Bertz CT molecular complexity index is 637. The van der Waals surface area contributed by atoms with Crippen LogP contribution in [0, 0.1) is 0 Å². The minimum absolute atomic E-state index is 0.176. The summed E-state index contributed by atoms with van der Waals surface area (Å²) >= 11 is 0. The number of nitrogens with one attached hydrogen (secondary N) is 1. The Balaban J connectivity index is 1.73. The van der Waals surface area contributed by atoms with Crippen molar-refractivity contribution in [3.05, 3.63) is 35.4 Å². The summed E-state index contributed by atoms with van der Waals surface area (Å²) in [5.74, 6) is -0.176. The van der Waals surface area contributed by atoms with Crippen LogP contribution in [-0.4, -0.2) is 49.2 Å². The predicted octanol–water partition coefficient (Wildman–Crippen LogP) is 2.47. The van der Waals surface area contributed by atoms with Crippen molar-refractivity contribution in [1.29, 1.82) is 0 Å². The molecule has 27 heavy (non-hydrogen) atoms. The molecule has 1 heterocycles. The summed E-state index contributed by atoms with van der Waals surface area (Å²) in [4.78, 5) is 14.7. The second-order valence-corrected chi connectivity index (χ2v) is 7.36. The van der Waals surface area contributed by atoms with Gasteiger partial charge >= 0.3 is 6.18 Å². The van der Waals surface area contributed by atoms with E-state index in [1.165, 1.54) is 12.1 Å². The van der Waals surface area contributed by atoms with E-state index in [0.29, 0.717) is 45.7 Å². The number of nitrogens with two attached hydrogens (primary N) is 1. The fourth-order valence-electron chi connectivity index (χ4n) is 3.84. The normalized spacial score (nSPS) is 21.8. The predicted molar refractivity (Wildman–Crippen MR) is 95.0 cm³/mol. The van der Waals surface area contributed by atoms with Crippen molar-refractivity contribution in [3.8, 4) is 0 Å². The fraction of sp³-hybridized carbons (Fsp3) is 0.632. The number of carbonyl (C=O) groups is 1. The molecule has 5 nitrogen and oxygen atoms in total. The SMILES string of the molecule is NC1(C(=O)NCC(c2ccc(C(F)(F)F)cc2)N2CCOCC2)CCCC1. The van der Waals surface area contributed by atoms with E-state index in [9.17, 15) is 18.0 Å². The maximum atomic E-state index is 12.8. The molecule has 1 aromatic carbocycles. The molecular formula is C19H26F3N3O2. The summed E-state index contributed by atoms with van der Waals surface area (Å²) in [5, 5.41) is 2.94. The van der Waals surface area contributed by atoms with Crippen molar-refractivity contribution in [2.24, 2.45) is 5.73 Å². The second-order valence-electron chi connectivity index (χ2n) is 7.36. The van der Waals surface area contributed by atoms with E-state index in [0.717, 1.165) is 30.5 Å². The van der Waals surface area contributed by atoms with Gasteiger partial charge in [0.2, 0.25) is 5.91 Å². The molecule has 3 N–H and O–H groups in total. The highest BCUT2D eigenvalue weighted by Gasteiger charge is 2.37. The van der Waals surface area contributed by atoms with Crippen LogP contribution in [0.3, 0.4) is 0 Å². The molecule has 0 aromatic heterocycles. The van der Waals surface area contributed by atoms with Crippen molar-refractivity contribution < 1.29 is 22.7 Å². The Morgan fingerprint density at radius 1 is 1.19 bits per heavy atom. The van der Waals surface area contributed by atoms with E-state index >= 15 is 0 Å². The number of hydrogen-bond acceptors (Lipinski definition) is 4. The van der Waals surface area contributed by atoms with E-state index < -0.39 is 17.3 Å². The van der Waals surface area contributed by atoms with Crippen molar-refractivity contribution in [2.75, 3.05) is 32.8 Å². The second kappa shape index (κ2) is 8.16.